The number of alkyl halides is 3. The van der Waals surface area contributed by atoms with Crippen molar-refractivity contribution in [1.29, 1.82) is 0 Å². The van der Waals surface area contributed by atoms with E-state index in [9.17, 15) is 22.8 Å². The van der Waals surface area contributed by atoms with E-state index in [-0.39, 0.29) is 12.5 Å². The molecule has 0 radical (unpaired) electrons. The molecule has 0 atom stereocenters. The van der Waals surface area contributed by atoms with Gasteiger partial charge in [-0.15, -0.1) is 0 Å². The van der Waals surface area contributed by atoms with Crippen LogP contribution in [0.1, 0.15) is 11.1 Å². The fourth-order valence-corrected chi connectivity index (χ4v) is 2.09. The first-order chi connectivity index (χ1) is 12.8. The van der Waals surface area contributed by atoms with Gasteiger partial charge in [0.05, 0.1) is 7.11 Å². The van der Waals surface area contributed by atoms with Crippen molar-refractivity contribution < 1.29 is 27.5 Å². The number of carbonyl (C=O) groups is 2. The number of methoxy groups -OCH3 is 1. The number of benzene rings is 2. The maximum atomic E-state index is 12.1. The number of nitrogens with one attached hydrogen (secondary N) is 2. The SMILES string of the molecule is COc1cccc(/C=C/C(=O)Nc2ccc(CNC(=O)C(F)(F)F)cc2)c1. The molecule has 0 spiro atoms. The van der Waals surface area contributed by atoms with Gasteiger partial charge in [0.2, 0.25) is 5.91 Å². The van der Waals surface area contributed by atoms with E-state index in [0.29, 0.717) is 17.0 Å². The summed E-state index contributed by atoms with van der Waals surface area (Å²) in [6.07, 6.45) is -1.94. The van der Waals surface area contributed by atoms with Crippen molar-refractivity contribution in [3.05, 3.63) is 65.7 Å². The Morgan fingerprint density at radius 2 is 1.81 bits per heavy atom. The van der Waals surface area contributed by atoms with Gasteiger partial charge in [-0.3, -0.25) is 9.59 Å². The summed E-state index contributed by atoms with van der Waals surface area (Å²) in [7, 11) is 1.55. The smallest absolute Gasteiger partial charge is 0.471 e. The predicted octanol–water partition coefficient (Wildman–Crippen LogP) is 3.53. The minimum atomic E-state index is -4.91. The highest BCUT2D eigenvalue weighted by molar-refractivity contribution is 6.01. The van der Waals surface area contributed by atoms with Gasteiger partial charge in [0.1, 0.15) is 5.75 Å². The highest BCUT2D eigenvalue weighted by Gasteiger charge is 2.38. The molecule has 2 aromatic carbocycles. The van der Waals surface area contributed by atoms with Crippen molar-refractivity contribution in [2.75, 3.05) is 12.4 Å². The average Bonchev–Trinajstić information content (AvgIpc) is 2.65. The van der Waals surface area contributed by atoms with Crippen LogP contribution in [-0.2, 0) is 16.1 Å². The standard InChI is InChI=1S/C19H17F3N2O3/c1-27-16-4-2-3-13(11-16)7-10-17(25)24-15-8-5-14(6-9-15)12-23-18(26)19(20,21)22/h2-11H,12H2,1H3,(H,23,26)(H,24,25)/b10-7+. The van der Waals surface area contributed by atoms with Gasteiger partial charge in [0.15, 0.2) is 0 Å². The third-order valence-electron chi connectivity index (χ3n) is 3.45. The lowest BCUT2D eigenvalue weighted by Crippen LogP contribution is -2.36. The molecule has 0 saturated carbocycles. The largest absolute Gasteiger partial charge is 0.497 e. The number of halogens is 3. The van der Waals surface area contributed by atoms with Crippen molar-refractivity contribution in [1.82, 2.24) is 5.32 Å². The van der Waals surface area contributed by atoms with Gasteiger partial charge in [-0.2, -0.15) is 13.2 Å². The first-order valence-corrected chi connectivity index (χ1v) is 7.85. The van der Waals surface area contributed by atoms with Gasteiger partial charge in [-0.1, -0.05) is 24.3 Å². The molecule has 0 heterocycles. The maximum absolute atomic E-state index is 12.1. The molecule has 0 fully saturated rings. The molecule has 2 N–H and O–H groups in total. The number of ether oxygens (including phenoxy) is 1. The van der Waals surface area contributed by atoms with Crippen molar-refractivity contribution in [2.45, 2.75) is 12.7 Å². The summed E-state index contributed by atoms with van der Waals surface area (Å²) in [4.78, 5) is 22.7. The summed E-state index contributed by atoms with van der Waals surface area (Å²) in [6.45, 7) is -0.262. The van der Waals surface area contributed by atoms with Crippen LogP contribution in [0, 0.1) is 0 Å². The third-order valence-corrected chi connectivity index (χ3v) is 3.45. The summed E-state index contributed by atoms with van der Waals surface area (Å²) >= 11 is 0. The van der Waals surface area contributed by atoms with Crippen LogP contribution < -0.4 is 15.4 Å². The fourth-order valence-electron chi connectivity index (χ4n) is 2.09. The van der Waals surface area contributed by atoms with E-state index in [1.165, 1.54) is 30.3 Å². The lowest BCUT2D eigenvalue weighted by atomic mass is 10.2. The van der Waals surface area contributed by atoms with E-state index in [0.717, 1.165) is 5.56 Å². The van der Waals surface area contributed by atoms with Gasteiger partial charge in [0.25, 0.3) is 0 Å². The average molecular weight is 378 g/mol. The monoisotopic (exact) mass is 378 g/mol. The van der Waals surface area contributed by atoms with Gasteiger partial charge in [-0.05, 0) is 41.5 Å². The molecule has 2 rings (SSSR count). The summed E-state index contributed by atoms with van der Waals surface area (Å²) in [6, 6.07) is 13.3. The Morgan fingerprint density at radius 1 is 1.11 bits per heavy atom. The minimum absolute atomic E-state index is 0.262. The highest BCUT2D eigenvalue weighted by atomic mass is 19.4. The van der Waals surface area contributed by atoms with Crippen molar-refractivity contribution in [3.63, 3.8) is 0 Å². The van der Waals surface area contributed by atoms with Gasteiger partial charge < -0.3 is 15.4 Å². The lowest BCUT2D eigenvalue weighted by molar-refractivity contribution is -0.173. The van der Waals surface area contributed by atoms with Crippen LogP contribution in [0.3, 0.4) is 0 Å². The van der Waals surface area contributed by atoms with Crippen molar-refractivity contribution in [2.24, 2.45) is 0 Å². The number of anilines is 1. The van der Waals surface area contributed by atoms with Gasteiger partial charge >= 0.3 is 12.1 Å². The Balaban J connectivity index is 1.89. The Bertz CT molecular complexity index is 831. The number of hydrogen-bond donors (Lipinski definition) is 2. The molecular weight excluding hydrogens is 361 g/mol. The zero-order chi connectivity index (χ0) is 19.9. The van der Waals surface area contributed by atoms with Crippen LogP contribution in [0.15, 0.2) is 54.6 Å². The second kappa shape index (κ2) is 8.88. The second-order valence-corrected chi connectivity index (χ2v) is 5.48. The van der Waals surface area contributed by atoms with E-state index in [4.69, 9.17) is 4.74 Å². The first kappa shape index (κ1) is 20.0. The van der Waals surface area contributed by atoms with Gasteiger partial charge in [-0.25, -0.2) is 0 Å². The normalized spacial score (nSPS) is 11.3. The molecule has 2 aromatic rings. The van der Waals surface area contributed by atoms with Crippen LogP contribution in [-0.4, -0.2) is 25.1 Å². The molecule has 2 amide bonds. The lowest BCUT2D eigenvalue weighted by Gasteiger charge is -2.08. The molecule has 0 unspecified atom stereocenters. The van der Waals surface area contributed by atoms with E-state index in [2.05, 4.69) is 5.32 Å². The van der Waals surface area contributed by atoms with Crippen LogP contribution in [0.5, 0.6) is 5.75 Å². The minimum Gasteiger partial charge on any atom is -0.497 e. The van der Waals surface area contributed by atoms with Crippen LogP contribution in [0.25, 0.3) is 6.08 Å². The molecule has 0 aliphatic rings. The second-order valence-electron chi connectivity index (χ2n) is 5.48. The van der Waals surface area contributed by atoms with E-state index in [1.54, 1.807) is 36.7 Å². The molecule has 142 valence electrons. The topological polar surface area (TPSA) is 67.4 Å². The van der Waals surface area contributed by atoms with E-state index in [1.807, 2.05) is 6.07 Å². The molecule has 0 bridgehead atoms. The molecular formula is C19H17F3N2O3. The number of rotatable bonds is 6. The maximum Gasteiger partial charge on any atom is 0.471 e. The van der Waals surface area contributed by atoms with E-state index < -0.39 is 12.1 Å². The van der Waals surface area contributed by atoms with Crippen molar-refractivity contribution in [3.8, 4) is 5.75 Å². The zero-order valence-electron chi connectivity index (χ0n) is 14.3. The number of hydrogen-bond acceptors (Lipinski definition) is 3. The molecule has 0 saturated heterocycles. The quantitative estimate of drug-likeness (QED) is 0.756. The molecule has 0 aliphatic carbocycles. The predicted molar refractivity (Wildman–Crippen MR) is 95.0 cm³/mol. The Labute approximate surface area is 153 Å². The van der Waals surface area contributed by atoms with Crippen molar-refractivity contribution >= 4 is 23.6 Å². The Hall–Kier alpha value is -3.29. The van der Waals surface area contributed by atoms with E-state index >= 15 is 0 Å². The van der Waals surface area contributed by atoms with Crippen LogP contribution in [0.4, 0.5) is 18.9 Å². The summed E-state index contributed by atoms with van der Waals surface area (Å²) in [5, 5.41) is 4.41. The molecule has 8 heteroatoms. The number of carbonyl (C=O) groups excluding carboxylic acids is 2. The molecule has 27 heavy (non-hydrogen) atoms. The molecule has 0 aliphatic heterocycles. The fraction of sp³-hybridized carbons (Fsp3) is 0.158. The summed E-state index contributed by atoms with van der Waals surface area (Å²) < 4.78 is 41.5. The van der Waals surface area contributed by atoms with Crippen LogP contribution >= 0.6 is 0 Å². The summed E-state index contributed by atoms with van der Waals surface area (Å²) in [5.74, 6) is -1.69. The van der Waals surface area contributed by atoms with Crippen LogP contribution in [0.2, 0.25) is 0 Å². The first-order valence-electron chi connectivity index (χ1n) is 7.85. The van der Waals surface area contributed by atoms with Gasteiger partial charge in [0, 0.05) is 18.3 Å². The molecule has 5 nitrogen and oxygen atoms in total. The Kier molecular flexibility index (Phi) is 6.59. The zero-order valence-corrected chi connectivity index (χ0v) is 14.3. The highest BCUT2D eigenvalue weighted by Crippen LogP contribution is 2.16. The Morgan fingerprint density at radius 3 is 2.44 bits per heavy atom. The summed E-state index contributed by atoms with van der Waals surface area (Å²) in [5.41, 5.74) is 1.74. The third kappa shape index (κ3) is 6.50. The molecule has 0 aromatic heterocycles. The number of amides is 2.